The molecule has 1 atom stereocenters. The lowest BCUT2D eigenvalue weighted by Crippen LogP contribution is -2.37. The van der Waals surface area contributed by atoms with Gasteiger partial charge in [-0.1, -0.05) is 31.0 Å². The van der Waals surface area contributed by atoms with Crippen LogP contribution in [0, 0.1) is 5.82 Å². The molecule has 1 fully saturated rings. The number of benzene rings is 1. The Labute approximate surface area is 119 Å². The Morgan fingerprint density at radius 3 is 2.95 bits per heavy atom. The maximum atomic E-state index is 13.1. The van der Waals surface area contributed by atoms with Gasteiger partial charge < -0.3 is 5.32 Å². The van der Waals surface area contributed by atoms with Crippen molar-refractivity contribution in [3.8, 4) is 0 Å². The Morgan fingerprint density at radius 2 is 2.32 bits per heavy atom. The standard InChI is InChI=1S/C15H22ClFN2/c1-2-3-8-19(14-6-7-18-10-14)11-12-4-5-13(17)9-15(12)16/h4-5,9,14,18H,2-3,6-8,10-11H2,1H3/t14-/m0/s1. The van der Waals surface area contributed by atoms with E-state index in [0.29, 0.717) is 11.1 Å². The van der Waals surface area contributed by atoms with Crippen LogP contribution in [0.1, 0.15) is 31.7 Å². The van der Waals surface area contributed by atoms with Crippen LogP contribution in [-0.4, -0.2) is 30.6 Å². The first kappa shape index (κ1) is 14.8. The molecule has 1 aliphatic heterocycles. The van der Waals surface area contributed by atoms with E-state index in [1.807, 2.05) is 0 Å². The van der Waals surface area contributed by atoms with Crippen molar-refractivity contribution in [1.82, 2.24) is 10.2 Å². The molecule has 0 spiro atoms. The molecule has 4 heteroatoms. The zero-order valence-electron chi connectivity index (χ0n) is 11.5. The molecule has 1 N–H and O–H groups in total. The Balaban J connectivity index is 2.05. The van der Waals surface area contributed by atoms with Crippen LogP contribution < -0.4 is 5.32 Å². The minimum Gasteiger partial charge on any atom is -0.315 e. The summed E-state index contributed by atoms with van der Waals surface area (Å²) in [6.45, 7) is 6.23. The van der Waals surface area contributed by atoms with Gasteiger partial charge in [-0.15, -0.1) is 0 Å². The van der Waals surface area contributed by atoms with Gasteiger partial charge in [-0.2, -0.15) is 0 Å². The Bertz CT molecular complexity index is 405. The number of hydrogen-bond donors (Lipinski definition) is 1. The summed E-state index contributed by atoms with van der Waals surface area (Å²) in [4.78, 5) is 2.47. The zero-order valence-corrected chi connectivity index (χ0v) is 12.2. The van der Waals surface area contributed by atoms with E-state index in [0.717, 1.165) is 31.7 Å². The quantitative estimate of drug-likeness (QED) is 0.861. The van der Waals surface area contributed by atoms with E-state index >= 15 is 0 Å². The molecule has 0 aromatic heterocycles. The average molecular weight is 285 g/mol. The maximum absolute atomic E-state index is 13.1. The van der Waals surface area contributed by atoms with Crippen LogP contribution in [0.15, 0.2) is 18.2 Å². The monoisotopic (exact) mass is 284 g/mol. The largest absolute Gasteiger partial charge is 0.315 e. The molecule has 0 unspecified atom stereocenters. The molecule has 0 amide bonds. The van der Waals surface area contributed by atoms with Crippen LogP contribution in [0.25, 0.3) is 0 Å². The highest BCUT2D eigenvalue weighted by Gasteiger charge is 2.22. The molecular formula is C15H22ClFN2. The number of unbranched alkanes of at least 4 members (excludes halogenated alkanes) is 1. The molecule has 0 radical (unpaired) electrons. The number of rotatable bonds is 6. The smallest absolute Gasteiger partial charge is 0.124 e. The summed E-state index contributed by atoms with van der Waals surface area (Å²) in [5, 5.41) is 3.94. The fourth-order valence-corrected chi connectivity index (χ4v) is 2.80. The molecule has 1 saturated heterocycles. The van der Waals surface area contributed by atoms with Crippen molar-refractivity contribution in [2.75, 3.05) is 19.6 Å². The summed E-state index contributed by atoms with van der Waals surface area (Å²) in [6, 6.07) is 5.28. The maximum Gasteiger partial charge on any atom is 0.124 e. The first-order valence-electron chi connectivity index (χ1n) is 7.09. The Hall–Kier alpha value is -0.640. The minimum atomic E-state index is -0.267. The third-order valence-corrected chi connectivity index (χ3v) is 4.09. The van der Waals surface area contributed by atoms with Gasteiger partial charge in [-0.3, -0.25) is 4.90 Å². The summed E-state index contributed by atoms with van der Waals surface area (Å²) in [6.07, 6.45) is 3.56. The molecule has 1 heterocycles. The summed E-state index contributed by atoms with van der Waals surface area (Å²) < 4.78 is 13.1. The molecule has 0 bridgehead atoms. The van der Waals surface area contributed by atoms with Crippen LogP contribution in [0.5, 0.6) is 0 Å². The predicted octanol–water partition coefficient (Wildman–Crippen LogP) is 3.44. The van der Waals surface area contributed by atoms with Crippen LogP contribution >= 0.6 is 11.6 Å². The lowest BCUT2D eigenvalue weighted by molar-refractivity contribution is 0.196. The molecule has 1 aromatic rings. The second kappa shape index (κ2) is 7.22. The van der Waals surface area contributed by atoms with E-state index in [9.17, 15) is 4.39 Å². The second-order valence-electron chi connectivity index (χ2n) is 5.21. The lowest BCUT2D eigenvalue weighted by atomic mass is 10.1. The average Bonchev–Trinajstić information content (AvgIpc) is 2.90. The van der Waals surface area contributed by atoms with Gasteiger partial charge in [0.25, 0.3) is 0 Å². The fraction of sp³-hybridized carbons (Fsp3) is 0.600. The molecule has 0 saturated carbocycles. The predicted molar refractivity (Wildman–Crippen MR) is 78.0 cm³/mol. The summed E-state index contributed by atoms with van der Waals surface area (Å²) in [5.41, 5.74) is 1.02. The molecule has 0 aliphatic carbocycles. The summed E-state index contributed by atoms with van der Waals surface area (Å²) >= 11 is 6.13. The highest BCUT2D eigenvalue weighted by Crippen LogP contribution is 2.21. The number of hydrogen-bond acceptors (Lipinski definition) is 2. The molecule has 2 nitrogen and oxygen atoms in total. The Morgan fingerprint density at radius 1 is 1.47 bits per heavy atom. The normalized spacial score (nSPS) is 19.3. The van der Waals surface area contributed by atoms with E-state index in [2.05, 4.69) is 17.1 Å². The van der Waals surface area contributed by atoms with Gasteiger partial charge in [-0.05, 0) is 43.6 Å². The number of nitrogens with zero attached hydrogens (tertiary/aromatic N) is 1. The van der Waals surface area contributed by atoms with E-state index in [1.165, 1.54) is 31.4 Å². The Kier molecular flexibility index (Phi) is 5.61. The fourth-order valence-electron chi connectivity index (χ4n) is 2.57. The van der Waals surface area contributed by atoms with E-state index in [1.54, 1.807) is 6.07 Å². The SMILES string of the molecule is CCCCN(Cc1ccc(F)cc1Cl)[C@H]1CCNC1. The molecule has 2 rings (SSSR count). The highest BCUT2D eigenvalue weighted by molar-refractivity contribution is 6.31. The summed E-state index contributed by atoms with van der Waals surface area (Å²) in [5.74, 6) is -0.267. The van der Waals surface area contributed by atoms with Gasteiger partial charge in [0, 0.05) is 24.2 Å². The highest BCUT2D eigenvalue weighted by atomic mass is 35.5. The van der Waals surface area contributed by atoms with Crippen molar-refractivity contribution in [2.24, 2.45) is 0 Å². The van der Waals surface area contributed by atoms with Crippen molar-refractivity contribution in [1.29, 1.82) is 0 Å². The van der Waals surface area contributed by atoms with E-state index < -0.39 is 0 Å². The van der Waals surface area contributed by atoms with Crippen molar-refractivity contribution >= 4 is 11.6 Å². The number of halogens is 2. The van der Waals surface area contributed by atoms with Crippen molar-refractivity contribution in [2.45, 2.75) is 38.8 Å². The van der Waals surface area contributed by atoms with Gasteiger partial charge in [0.2, 0.25) is 0 Å². The molecule has 19 heavy (non-hydrogen) atoms. The van der Waals surface area contributed by atoms with Crippen molar-refractivity contribution in [3.63, 3.8) is 0 Å². The van der Waals surface area contributed by atoms with Crippen LogP contribution in [0.3, 0.4) is 0 Å². The van der Waals surface area contributed by atoms with Crippen LogP contribution in [-0.2, 0) is 6.54 Å². The first-order valence-corrected chi connectivity index (χ1v) is 7.47. The van der Waals surface area contributed by atoms with Crippen molar-refractivity contribution in [3.05, 3.63) is 34.6 Å². The van der Waals surface area contributed by atoms with Crippen LogP contribution in [0.2, 0.25) is 5.02 Å². The van der Waals surface area contributed by atoms with E-state index in [4.69, 9.17) is 11.6 Å². The lowest BCUT2D eigenvalue weighted by Gasteiger charge is -2.28. The van der Waals surface area contributed by atoms with Gasteiger partial charge in [0.05, 0.1) is 0 Å². The van der Waals surface area contributed by atoms with Crippen LogP contribution in [0.4, 0.5) is 4.39 Å². The van der Waals surface area contributed by atoms with Gasteiger partial charge in [-0.25, -0.2) is 4.39 Å². The third kappa shape index (κ3) is 4.16. The molecular weight excluding hydrogens is 263 g/mol. The van der Waals surface area contributed by atoms with Gasteiger partial charge in [0.15, 0.2) is 0 Å². The van der Waals surface area contributed by atoms with Gasteiger partial charge >= 0.3 is 0 Å². The molecule has 1 aliphatic rings. The third-order valence-electron chi connectivity index (χ3n) is 3.74. The molecule has 106 valence electrons. The van der Waals surface area contributed by atoms with Crippen molar-refractivity contribution < 1.29 is 4.39 Å². The topological polar surface area (TPSA) is 15.3 Å². The first-order chi connectivity index (χ1) is 9.20. The second-order valence-corrected chi connectivity index (χ2v) is 5.61. The number of nitrogens with one attached hydrogen (secondary N) is 1. The van der Waals surface area contributed by atoms with Gasteiger partial charge in [0.1, 0.15) is 5.82 Å². The molecule has 1 aromatic carbocycles. The minimum absolute atomic E-state index is 0.267. The summed E-state index contributed by atoms with van der Waals surface area (Å²) in [7, 11) is 0. The zero-order chi connectivity index (χ0) is 13.7. The van der Waals surface area contributed by atoms with E-state index in [-0.39, 0.29) is 5.82 Å².